The highest BCUT2D eigenvalue weighted by Crippen LogP contribution is 2.53. The first-order valence-corrected chi connectivity index (χ1v) is 11.6. The summed E-state index contributed by atoms with van der Waals surface area (Å²) < 4.78 is 0. The molecule has 0 bridgehead atoms. The largest absolute Gasteiger partial charge is 0.507 e. The minimum atomic E-state index is -2.66. The van der Waals surface area contributed by atoms with Crippen LogP contribution in [0.5, 0.6) is 5.75 Å². The number of aliphatic hydroxyl groups excluding tert-OH is 2. The van der Waals surface area contributed by atoms with Gasteiger partial charge in [-0.25, -0.2) is 0 Å². The number of aromatic nitrogens is 1. The molecule has 3 aliphatic rings. The number of phenols is 1. The lowest BCUT2D eigenvalue weighted by molar-refractivity contribution is -0.184. The molecule has 10 heteroatoms. The van der Waals surface area contributed by atoms with Crippen LogP contribution in [0.2, 0.25) is 0 Å². The molecule has 0 spiro atoms. The van der Waals surface area contributed by atoms with Gasteiger partial charge in [0.05, 0.1) is 11.7 Å². The normalized spacial score (nSPS) is 31.6. The second-order valence-corrected chi connectivity index (χ2v) is 10.0. The van der Waals surface area contributed by atoms with E-state index < -0.39 is 58.7 Å². The van der Waals surface area contributed by atoms with Crippen LogP contribution in [0.3, 0.4) is 0 Å². The lowest BCUT2D eigenvalue weighted by Gasteiger charge is -2.53. The molecule has 188 valence electrons. The van der Waals surface area contributed by atoms with Gasteiger partial charge in [0.25, 0.3) is 0 Å². The number of carbonyl (C=O) groups is 3. The van der Waals surface area contributed by atoms with Crippen molar-refractivity contribution >= 4 is 23.2 Å². The van der Waals surface area contributed by atoms with E-state index in [2.05, 4.69) is 4.98 Å². The Labute approximate surface area is 206 Å². The number of hydrogen-bond acceptors (Lipinski definition) is 9. The standard InChI is InChI=1S/C26H27N3O7/c1-29(2)20-15-9-12-8-14-13(11-4-3-7-28-10-11)5-6-16(30)18(14)21(31)17(12)23(33)26(15,36)24(34)19(22(20)32)25(27)35/h3-7,10,12,15,19-20,22,30-32,36H,8-9H2,1-2H3,(H2,27,35)/t12-,15-,19?,20-,22?,26-/m1/s1. The van der Waals surface area contributed by atoms with Gasteiger partial charge in [0.1, 0.15) is 17.4 Å². The Morgan fingerprint density at radius 2 is 1.92 bits per heavy atom. The number of ketones is 2. The summed E-state index contributed by atoms with van der Waals surface area (Å²) >= 11 is 0. The zero-order chi connectivity index (χ0) is 26.1. The van der Waals surface area contributed by atoms with Crippen molar-refractivity contribution in [3.8, 4) is 16.9 Å². The highest BCUT2D eigenvalue weighted by Gasteiger charge is 2.67. The fourth-order valence-corrected chi connectivity index (χ4v) is 6.40. The van der Waals surface area contributed by atoms with Crippen LogP contribution in [0.4, 0.5) is 0 Å². The van der Waals surface area contributed by atoms with E-state index in [1.807, 2.05) is 6.07 Å². The van der Waals surface area contributed by atoms with Gasteiger partial charge in [-0.3, -0.25) is 19.4 Å². The molecule has 0 aliphatic heterocycles. The van der Waals surface area contributed by atoms with Gasteiger partial charge >= 0.3 is 0 Å². The number of benzene rings is 1. The van der Waals surface area contributed by atoms with Gasteiger partial charge in [0.15, 0.2) is 11.4 Å². The molecule has 10 nitrogen and oxygen atoms in total. The van der Waals surface area contributed by atoms with Crippen molar-refractivity contribution in [3.05, 3.63) is 53.4 Å². The van der Waals surface area contributed by atoms with E-state index in [9.17, 15) is 34.8 Å². The zero-order valence-corrected chi connectivity index (χ0v) is 19.8. The van der Waals surface area contributed by atoms with Gasteiger partial charge in [-0.15, -0.1) is 0 Å². The topological polar surface area (TPSA) is 174 Å². The predicted octanol–water partition coefficient (Wildman–Crippen LogP) is 0.191. The van der Waals surface area contributed by atoms with Gasteiger partial charge in [0.2, 0.25) is 11.7 Å². The highest BCUT2D eigenvalue weighted by molar-refractivity contribution is 6.25. The third-order valence-electron chi connectivity index (χ3n) is 7.94. The monoisotopic (exact) mass is 493 g/mol. The van der Waals surface area contributed by atoms with Crippen LogP contribution in [-0.2, 0) is 20.8 Å². The van der Waals surface area contributed by atoms with Crippen LogP contribution < -0.4 is 5.73 Å². The van der Waals surface area contributed by atoms with Crippen molar-refractivity contribution in [1.82, 2.24) is 9.88 Å². The number of rotatable bonds is 3. The van der Waals surface area contributed by atoms with Crippen molar-refractivity contribution < 1.29 is 34.8 Å². The van der Waals surface area contributed by atoms with E-state index in [4.69, 9.17) is 5.73 Å². The van der Waals surface area contributed by atoms with Gasteiger partial charge in [-0.05, 0) is 56.1 Å². The number of Topliss-reactive ketones (excluding diaryl/α,β-unsaturated/α-hetero) is 2. The van der Waals surface area contributed by atoms with Gasteiger partial charge in [0, 0.05) is 35.5 Å². The number of pyridine rings is 1. The van der Waals surface area contributed by atoms with E-state index in [1.54, 1.807) is 43.5 Å². The number of aliphatic hydroxyl groups is 3. The molecule has 6 atom stereocenters. The maximum Gasteiger partial charge on any atom is 0.230 e. The Morgan fingerprint density at radius 3 is 2.53 bits per heavy atom. The molecule has 0 saturated heterocycles. The maximum atomic E-state index is 13.8. The summed E-state index contributed by atoms with van der Waals surface area (Å²) in [6.45, 7) is 0. The number of carbonyl (C=O) groups excluding carboxylic acids is 3. The molecular formula is C26H27N3O7. The predicted molar refractivity (Wildman–Crippen MR) is 127 cm³/mol. The molecule has 36 heavy (non-hydrogen) atoms. The Balaban J connectivity index is 1.71. The minimum Gasteiger partial charge on any atom is -0.507 e. The van der Waals surface area contributed by atoms with Crippen molar-refractivity contribution in [1.29, 1.82) is 0 Å². The quantitative estimate of drug-likeness (QED) is 0.374. The molecule has 1 aromatic carbocycles. The molecule has 2 aromatic rings. The fraction of sp³-hybridized carbons (Fsp3) is 0.385. The first kappa shape index (κ1) is 24.1. The number of nitrogens with two attached hydrogens (primary N) is 1. The summed E-state index contributed by atoms with van der Waals surface area (Å²) in [6.07, 6.45) is 2.05. The Morgan fingerprint density at radius 1 is 1.19 bits per heavy atom. The SMILES string of the molecule is CN(C)[C@H]1C(O)C(C(N)=O)C(=O)[C@]2(O)C(=O)C3=C(O)c4c(O)ccc(-c5cccnc5)c4C[C@@H]3C[C@H]12. The molecule has 0 radical (unpaired) electrons. The second kappa shape index (κ2) is 8.22. The summed E-state index contributed by atoms with van der Waals surface area (Å²) in [7, 11) is 3.23. The number of aromatic hydroxyl groups is 1. The lowest BCUT2D eigenvalue weighted by Crippen LogP contribution is -2.73. The molecule has 6 N–H and O–H groups in total. The van der Waals surface area contributed by atoms with Gasteiger partial charge in [-0.2, -0.15) is 0 Å². The summed E-state index contributed by atoms with van der Waals surface area (Å²) in [5.74, 6) is -7.58. The number of phenolic OH excluding ortho intramolecular Hbond substituents is 1. The summed E-state index contributed by atoms with van der Waals surface area (Å²) in [6, 6.07) is 5.77. The van der Waals surface area contributed by atoms with Crippen LogP contribution in [0, 0.1) is 17.8 Å². The van der Waals surface area contributed by atoms with Crippen LogP contribution in [-0.4, -0.2) is 79.6 Å². The third-order valence-corrected chi connectivity index (χ3v) is 7.94. The Kier molecular flexibility index (Phi) is 5.51. The van der Waals surface area contributed by atoms with Crippen molar-refractivity contribution in [2.24, 2.45) is 23.5 Å². The maximum absolute atomic E-state index is 13.8. The molecule has 2 unspecified atom stereocenters. The average molecular weight is 494 g/mol. The van der Waals surface area contributed by atoms with E-state index in [0.29, 0.717) is 11.1 Å². The number of amides is 1. The van der Waals surface area contributed by atoms with Gasteiger partial charge < -0.3 is 31.1 Å². The molecule has 2 saturated carbocycles. The Bertz CT molecular complexity index is 1320. The molecule has 5 rings (SSSR count). The van der Waals surface area contributed by atoms with Crippen molar-refractivity contribution in [2.75, 3.05) is 14.1 Å². The zero-order valence-electron chi connectivity index (χ0n) is 19.8. The molecule has 3 aliphatic carbocycles. The molecule has 1 heterocycles. The first-order chi connectivity index (χ1) is 17.0. The number of fused-ring (bicyclic) bond motifs is 3. The average Bonchev–Trinajstić information content (AvgIpc) is 2.81. The van der Waals surface area contributed by atoms with E-state index in [1.165, 1.54) is 6.07 Å². The van der Waals surface area contributed by atoms with Crippen LogP contribution >= 0.6 is 0 Å². The number of nitrogens with zero attached hydrogens (tertiary/aromatic N) is 2. The fourth-order valence-electron chi connectivity index (χ4n) is 6.40. The molecule has 1 amide bonds. The molecule has 2 fully saturated rings. The van der Waals surface area contributed by atoms with Crippen molar-refractivity contribution in [2.45, 2.75) is 30.6 Å². The van der Waals surface area contributed by atoms with Crippen LogP contribution in [0.25, 0.3) is 16.9 Å². The number of likely N-dealkylation sites (N-methyl/N-ethyl adjacent to an activating group) is 1. The minimum absolute atomic E-state index is 0.0527. The highest BCUT2D eigenvalue weighted by atomic mass is 16.3. The summed E-state index contributed by atoms with van der Waals surface area (Å²) in [5, 5.41) is 44.5. The summed E-state index contributed by atoms with van der Waals surface area (Å²) in [5.41, 5.74) is 4.67. The van der Waals surface area contributed by atoms with Gasteiger partial charge in [-0.1, -0.05) is 12.1 Å². The smallest absolute Gasteiger partial charge is 0.230 e. The molecular weight excluding hydrogens is 466 g/mol. The Hall–Kier alpha value is -3.60. The van der Waals surface area contributed by atoms with Crippen LogP contribution in [0.15, 0.2) is 42.2 Å². The second-order valence-electron chi connectivity index (χ2n) is 10.0. The number of hydrogen-bond donors (Lipinski definition) is 5. The van der Waals surface area contributed by atoms with Crippen molar-refractivity contribution in [3.63, 3.8) is 0 Å². The van der Waals surface area contributed by atoms with E-state index >= 15 is 0 Å². The first-order valence-electron chi connectivity index (χ1n) is 11.6. The van der Waals surface area contributed by atoms with E-state index in [0.717, 1.165) is 5.56 Å². The third kappa shape index (κ3) is 3.15. The number of primary amides is 1. The lowest BCUT2D eigenvalue weighted by atomic mass is 9.54. The van der Waals surface area contributed by atoms with Crippen LogP contribution in [0.1, 0.15) is 17.5 Å². The molecule has 1 aromatic heterocycles. The van der Waals surface area contributed by atoms with E-state index in [-0.39, 0.29) is 29.7 Å². The summed E-state index contributed by atoms with van der Waals surface area (Å²) in [4.78, 5) is 45.0.